The Morgan fingerprint density at radius 2 is 2.08 bits per heavy atom. The van der Waals surface area contributed by atoms with Crippen LogP contribution in [0, 0.1) is 13.8 Å². The lowest BCUT2D eigenvalue weighted by atomic mass is 10.0. The molecule has 0 fully saturated rings. The van der Waals surface area contributed by atoms with E-state index >= 15 is 0 Å². The SMILES string of the molecule is Cc1cccc(-c2nocc2CCC(=O)NCc2ccc(C)o2)c1. The number of benzene rings is 1. The molecule has 3 rings (SSSR count). The fourth-order valence-corrected chi connectivity index (χ4v) is 2.57. The number of aryl methyl sites for hydroxylation is 3. The van der Waals surface area contributed by atoms with E-state index in [9.17, 15) is 4.79 Å². The third-order valence-corrected chi connectivity index (χ3v) is 3.81. The number of amides is 1. The molecule has 0 aliphatic rings. The molecule has 0 aliphatic carbocycles. The number of carbonyl (C=O) groups excluding carboxylic acids is 1. The van der Waals surface area contributed by atoms with Gasteiger partial charge in [-0.1, -0.05) is 28.9 Å². The average molecular weight is 324 g/mol. The van der Waals surface area contributed by atoms with Crippen LogP contribution in [-0.2, 0) is 17.8 Å². The number of hydrogen-bond acceptors (Lipinski definition) is 4. The Morgan fingerprint density at radius 1 is 1.21 bits per heavy atom. The second kappa shape index (κ2) is 7.17. The first kappa shape index (κ1) is 16.1. The van der Waals surface area contributed by atoms with E-state index in [1.165, 1.54) is 0 Å². The standard InChI is InChI=1S/C19H20N2O3/c1-13-4-3-5-15(10-13)19-16(12-23-21-19)7-9-18(22)20-11-17-8-6-14(2)24-17/h3-6,8,10,12H,7,9,11H2,1-2H3,(H,20,22). The van der Waals surface area contributed by atoms with Crippen LogP contribution in [0.2, 0.25) is 0 Å². The van der Waals surface area contributed by atoms with Crippen LogP contribution in [0.4, 0.5) is 0 Å². The maximum absolute atomic E-state index is 12.0. The molecule has 0 saturated carbocycles. The predicted octanol–water partition coefficient (Wildman–Crippen LogP) is 3.80. The Bertz CT molecular complexity index is 833. The van der Waals surface area contributed by atoms with E-state index < -0.39 is 0 Å². The predicted molar refractivity (Wildman–Crippen MR) is 90.3 cm³/mol. The van der Waals surface area contributed by atoms with Gasteiger partial charge in [-0.25, -0.2) is 0 Å². The minimum Gasteiger partial charge on any atom is -0.465 e. The highest BCUT2D eigenvalue weighted by Gasteiger charge is 2.12. The second-order valence-electron chi connectivity index (χ2n) is 5.85. The zero-order valence-corrected chi connectivity index (χ0v) is 13.8. The van der Waals surface area contributed by atoms with Gasteiger partial charge >= 0.3 is 0 Å². The van der Waals surface area contributed by atoms with Crippen LogP contribution in [0.15, 0.2) is 51.6 Å². The zero-order chi connectivity index (χ0) is 16.9. The van der Waals surface area contributed by atoms with Gasteiger partial charge in [0.1, 0.15) is 23.5 Å². The monoisotopic (exact) mass is 324 g/mol. The number of nitrogens with one attached hydrogen (secondary N) is 1. The van der Waals surface area contributed by atoms with Crippen LogP contribution < -0.4 is 5.32 Å². The fourth-order valence-electron chi connectivity index (χ4n) is 2.57. The lowest BCUT2D eigenvalue weighted by Gasteiger charge is -2.04. The number of hydrogen-bond donors (Lipinski definition) is 1. The van der Waals surface area contributed by atoms with Crippen molar-refractivity contribution in [2.45, 2.75) is 33.2 Å². The van der Waals surface area contributed by atoms with Crippen molar-refractivity contribution in [2.75, 3.05) is 0 Å². The van der Waals surface area contributed by atoms with E-state index in [0.717, 1.165) is 33.9 Å². The van der Waals surface area contributed by atoms with Crippen molar-refractivity contribution in [2.24, 2.45) is 0 Å². The molecule has 3 aromatic rings. The van der Waals surface area contributed by atoms with Gasteiger partial charge in [0.25, 0.3) is 0 Å². The van der Waals surface area contributed by atoms with Crippen molar-refractivity contribution in [1.82, 2.24) is 10.5 Å². The summed E-state index contributed by atoms with van der Waals surface area (Å²) in [7, 11) is 0. The van der Waals surface area contributed by atoms with Gasteiger partial charge in [-0.3, -0.25) is 4.79 Å². The third-order valence-electron chi connectivity index (χ3n) is 3.81. The van der Waals surface area contributed by atoms with Gasteiger partial charge in [0.05, 0.1) is 6.54 Å². The quantitative estimate of drug-likeness (QED) is 0.749. The number of nitrogens with zero attached hydrogens (tertiary/aromatic N) is 1. The first-order valence-electron chi connectivity index (χ1n) is 7.94. The molecule has 2 aromatic heterocycles. The molecule has 1 N–H and O–H groups in total. The minimum absolute atomic E-state index is 0.0274. The highest BCUT2D eigenvalue weighted by atomic mass is 16.5. The van der Waals surface area contributed by atoms with Crippen LogP contribution in [0.3, 0.4) is 0 Å². The molecule has 0 bridgehead atoms. The number of aromatic nitrogens is 1. The first-order chi connectivity index (χ1) is 11.6. The zero-order valence-electron chi connectivity index (χ0n) is 13.8. The molecule has 2 heterocycles. The molecule has 1 amide bonds. The van der Waals surface area contributed by atoms with E-state index in [0.29, 0.717) is 19.4 Å². The van der Waals surface area contributed by atoms with Crippen molar-refractivity contribution >= 4 is 5.91 Å². The van der Waals surface area contributed by atoms with E-state index in [1.807, 2.05) is 44.2 Å². The fraction of sp³-hybridized carbons (Fsp3) is 0.263. The Kier molecular flexibility index (Phi) is 4.79. The summed E-state index contributed by atoms with van der Waals surface area (Å²) in [5.74, 6) is 1.57. The molecule has 0 radical (unpaired) electrons. The molecule has 0 atom stereocenters. The van der Waals surface area contributed by atoms with Gasteiger partial charge in [-0.2, -0.15) is 0 Å². The summed E-state index contributed by atoms with van der Waals surface area (Å²) in [6.45, 7) is 4.32. The summed E-state index contributed by atoms with van der Waals surface area (Å²) in [6.07, 6.45) is 2.57. The Balaban J connectivity index is 1.57. The van der Waals surface area contributed by atoms with Crippen molar-refractivity contribution < 1.29 is 13.7 Å². The highest BCUT2D eigenvalue weighted by Crippen LogP contribution is 2.24. The molecule has 5 heteroatoms. The number of rotatable bonds is 6. The third kappa shape index (κ3) is 3.93. The average Bonchev–Trinajstić information content (AvgIpc) is 3.19. The van der Waals surface area contributed by atoms with E-state index in [4.69, 9.17) is 8.94 Å². The van der Waals surface area contributed by atoms with Gasteiger partial charge in [-0.15, -0.1) is 0 Å². The Hall–Kier alpha value is -2.82. The normalized spacial score (nSPS) is 10.8. The highest BCUT2D eigenvalue weighted by molar-refractivity contribution is 5.76. The van der Waals surface area contributed by atoms with Crippen molar-refractivity contribution in [3.8, 4) is 11.3 Å². The molecular formula is C19H20N2O3. The van der Waals surface area contributed by atoms with Gasteiger partial charge in [0.15, 0.2) is 0 Å². The second-order valence-corrected chi connectivity index (χ2v) is 5.85. The molecule has 0 spiro atoms. The first-order valence-corrected chi connectivity index (χ1v) is 7.94. The van der Waals surface area contributed by atoms with Crippen LogP contribution in [0.25, 0.3) is 11.3 Å². The molecule has 1 aromatic carbocycles. The largest absolute Gasteiger partial charge is 0.465 e. The Morgan fingerprint density at radius 3 is 2.83 bits per heavy atom. The summed E-state index contributed by atoms with van der Waals surface area (Å²) in [6, 6.07) is 11.8. The summed E-state index contributed by atoms with van der Waals surface area (Å²) in [5.41, 5.74) is 3.90. The van der Waals surface area contributed by atoms with Gasteiger partial charge in [-0.05, 0) is 38.5 Å². The van der Waals surface area contributed by atoms with Crippen LogP contribution in [-0.4, -0.2) is 11.1 Å². The lowest BCUT2D eigenvalue weighted by Crippen LogP contribution is -2.22. The lowest BCUT2D eigenvalue weighted by molar-refractivity contribution is -0.121. The van der Waals surface area contributed by atoms with E-state index in [2.05, 4.69) is 16.5 Å². The van der Waals surface area contributed by atoms with Gasteiger partial charge in [0.2, 0.25) is 5.91 Å². The molecule has 124 valence electrons. The Labute approximate surface area is 140 Å². The molecule has 0 aliphatic heterocycles. The van der Waals surface area contributed by atoms with Crippen LogP contribution in [0.1, 0.15) is 29.1 Å². The van der Waals surface area contributed by atoms with Crippen LogP contribution >= 0.6 is 0 Å². The summed E-state index contributed by atoms with van der Waals surface area (Å²) < 4.78 is 10.5. The molecule has 0 unspecified atom stereocenters. The number of furan rings is 1. The van der Waals surface area contributed by atoms with Crippen molar-refractivity contribution in [3.63, 3.8) is 0 Å². The molecule has 5 nitrogen and oxygen atoms in total. The van der Waals surface area contributed by atoms with Gasteiger partial charge < -0.3 is 14.3 Å². The van der Waals surface area contributed by atoms with Crippen molar-refractivity contribution in [1.29, 1.82) is 0 Å². The summed E-state index contributed by atoms with van der Waals surface area (Å²) >= 11 is 0. The maximum atomic E-state index is 12.0. The molecule has 0 saturated heterocycles. The minimum atomic E-state index is -0.0274. The summed E-state index contributed by atoms with van der Waals surface area (Å²) in [5, 5.41) is 6.94. The van der Waals surface area contributed by atoms with Gasteiger partial charge in [0, 0.05) is 17.5 Å². The molecular weight excluding hydrogens is 304 g/mol. The smallest absolute Gasteiger partial charge is 0.220 e. The summed E-state index contributed by atoms with van der Waals surface area (Å²) in [4.78, 5) is 12.0. The van der Waals surface area contributed by atoms with E-state index in [1.54, 1.807) is 6.26 Å². The number of carbonyl (C=O) groups is 1. The topological polar surface area (TPSA) is 68.3 Å². The molecule has 24 heavy (non-hydrogen) atoms. The van der Waals surface area contributed by atoms with Crippen molar-refractivity contribution in [3.05, 3.63) is 65.3 Å². The van der Waals surface area contributed by atoms with E-state index in [-0.39, 0.29) is 5.91 Å². The van der Waals surface area contributed by atoms with Crippen LogP contribution in [0.5, 0.6) is 0 Å². The maximum Gasteiger partial charge on any atom is 0.220 e.